The molecule has 2 unspecified atom stereocenters. The summed E-state index contributed by atoms with van der Waals surface area (Å²) in [6.07, 6.45) is 5.48. The molecule has 2 fully saturated rings. The lowest BCUT2D eigenvalue weighted by atomic mass is 9.96. The molecule has 1 saturated carbocycles. The molecule has 1 heterocycles. The van der Waals surface area contributed by atoms with E-state index in [0.717, 1.165) is 51.1 Å². The lowest BCUT2D eigenvalue weighted by molar-refractivity contribution is -0.137. The Hall–Kier alpha value is -0.570. The zero-order valence-corrected chi connectivity index (χ0v) is 9.61. The van der Waals surface area contributed by atoms with Crippen molar-refractivity contribution in [2.75, 3.05) is 13.1 Å². The van der Waals surface area contributed by atoms with Gasteiger partial charge in [-0.1, -0.05) is 13.3 Å². The highest BCUT2D eigenvalue weighted by molar-refractivity contribution is 5.80. The van der Waals surface area contributed by atoms with Crippen LogP contribution in [0.1, 0.15) is 39.0 Å². The minimum atomic E-state index is 0.122. The highest BCUT2D eigenvalue weighted by atomic mass is 16.2. The first-order valence-electron chi connectivity index (χ1n) is 6.23. The number of piperidine rings is 1. The molecule has 0 spiro atoms. The Morgan fingerprint density at radius 1 is 1.20 bits per heavy atom. The van der Waals surface area contributed by atoms with E-state index in [9.17, 15) is 4.79 Å². The van der Waals surface area contributed by atoms with Crippen LogP contribution in [0.15, 0.2) is 0 Å². The summed E-state index contributed by atoms with van der Waals surface area (Å²) in [4.78, 5) is 14.2. The predicted octanol–water partition coefficient (Wildman–Crippen LogP) is 1.37. The van der Waals surface area contributed by atoms with Gasteiger partial charge in [0.2, 0.25) is 5.91 Å². The quantitative estimate of drug-likeness (QED) is 0.710. The first kappa shape index (κ1) is 10.9. The molecule has 0 aromatic carbocycles. The molecule has 1 aliphatic carbocycles. The summed E-state index contributed by atoms with van der Waals surface area (Å²) in [5, 5.41) is 0. The van der Waals surface area contributed by atoms with Gasteiger partial charge in [0, 0.05) is 19.1 Å². The predicted molar refractivity (Wildman–Crippen MR) is 60.3 cm³/mol. The van der Waals surface area contributed by atoms with Crippen molar-refractivity contribution in [1.29, 1.82) is 0 Å². The number of amides is 1. The van der Waals surface area contributed by atoms with Gasteiger partial charge in [-0.3, -0.25) is 4.79 Å². The van der Waals surface area contributed by atoms with Gasteiger partial charge in [-0.05, 0) is 31.6 Å². The molecule has 0 aromatic rings. The van der Waals surface area contributed by atoms with Crippen LogP contribution in [-0.2, 0) is 4.79 Å². The SMILES string of the molecule is CC1CCN(C(=O)C2CCCC2N)CC1. The number of nitrogens with two attached hydrogens (primary N) is 1. The van der Waals surface area contributed by atoms with Gasteiger partial charge >= 0.3 is 0 Å². The zero-order chi connectivity index (χ0) is 10.8. The molecule has 3 heteroatoms. The van der Waals surface area contributed by atoms with E-state index in [-0.39, 0.29) is 12.0 Å². The molecule has 1 aliphatic heterocycles. The molecule has 2 atom stereocenters. The molecule has 2 rings (SSSR count). The van der Waals surface area contributed by atoms with Crippen LogP contribution < -0.4 is 5.73 Å². The van der Waals surface area contributed by atoms with Gasteiger partial charge in [0.1, 0.15) is 0 Å². The fraction of sp³-hybridized carbons (Fsp3) is 0.917. The fourth-order valence-electron chi connectivity index (χ4n) is 2.76. The Kier molecular flexibility index (Phi) is 3.29. The molecule has 15 heavy (non-hydrogen) atoms. The minimum Gasteiger partial charge on any atom is -0.342 e. The van der Waals surface area contributed by atoms with Gasteiger partial charge in [-0.15, -0.1) is 0 Å². The van der Waals surface area contributed by atoms with Gasteiger partial charge in [0.15, 0.2) is 0 Å². The number of hydrogen-bond acceptors (Lipinski definition) is 2. The Bertz CT molecular complexity index is 234. The maximum atomic E-state index is 12.2. The van der Waals surface area contributed by atoms with Gasteiger partial charge in [0.25, 0.3) is 0 Å². The molecule has 86 valence electrons. The fourth-order valence-corrected chi connectivity index (χ4v) is 2.76. The van der Waals surface area contributed by atoms with E-state index in [1.54, 1.807) is 0 Å². The van der Waals surface area contributed by atoms with Crippen molar-refractivity contribution in [3.63, 3.8) is 0 Å². The van der Waals surface area contributed by atoms with Gasteiger partial charge < -0.3 is 10.6 Å². The first-order valence-corrected chi connectivity index (χ1v) is 6.23. The van der Waals surface area contributed by atoms with Crippen molar-refractivity contribution in [2.45, 2.75) is 45.1 Å². The second-order valence-electron chi connectivity index (χ2n) is 5.21. The molecule has 1 saturated heterocycles. The number of likely N-dealkylation sites (tertiary alicyclic amines) is 1. The van der Waals surface area contributed by atoms with E-state index >= 15 is 0 Å². The van der Waals surface area contributed by atoms with Crippen molar-refractivity contribution >= 4 is 5.91 Å². The van der Waals surface area contributed by atoms with Gasteiger partial charge in [-0.2, -0.15) is 0 Å². The van der Waals surface area contributed by atoms with Crippen LogP contribution >= 0.6 is 0 Å². The maximum Gasteiger partial charge on any atom is 0.227 e. The van der Waals surface area contributed by atoms with Crippen molar-refractivity contribution in [1.82, 2.24) is 4.90 Å². The van der Waals surface area contributed by atoms with E-state index in [1.165, 1.54) is 0 Å². The van der Waals surface area contributed by atoms with Crippen LogP contribution in [0.3, 0.4) is 0 Å². The lowest BCUT2D eigenvalue weighted by Crippen LogP contribution is -2.45. The van der Waals surface area contributed by atoms with E-state index in [4.69, 9.17) is 5.73 Å². The Balaban J connectivity index is 1.90. The van der Waals surface area contributed by atoms with Crippen molar-refractivity contribution in [3.05, 3.63) is 0 Å². The Morgan fingerprint density at radius 3 is 2.40 bits per heavy atom. The summed E-state index contributed by atoms with van der Waals surface area (Å²) in [7, 11) is 0. The van der Waals surface area contributed by atoms with Crippen molar-refractivity contribution in [2.24, 2.45) is 17.6 Å². The molecular weight excluding hydrogens is 188 g/mol. The Morgan fingerprint density at radius 2 is 1.87 bits per heavy atom. The summed E-state index contributed by atoms with van der Waals surface area (Å²) >= 11 is 0. The summed E-state index contributed by atoms with van der Waals surface area (Å²) in [6, 6.07) is 0.122. The van der Waals surface area contributed by atoms with Crippen molar-refractivity contribution < 1.29 is 4.79 Å². The molecular formula is C12H22N2O. The van der Waals surface area contributed by atoms with Gasteiger partial charge in [0.05, 0.1) is 5.92 Å². The van der Waals surface area contributed by atoms with Crippen LogP contribution in [0.4, 0.5) is 0 Å². The topological polar surface area (TPSA) is 46.3 Å². The molecule has 0 bridgehead atoms. The summed E-state index contributed by atoms with van der Waals surface area (Å²) in [6.45, 7) is 4.16. The molecule has 0 aromatic heterocycles. The van der Waals surface area contributed by atoms with Gasteiger partial charge in [-0.25, -0.2) is 0 Å². The van der Waals surface area contributed by atoms with Crippen LogP contribution in [0.2, 0.25) is 0 Å². The Labute approximate surface area is 92.0 Å². The minimum absolute atomic E-state index is 0.122. The van der Waals surface area contributed by atoms with E-state index in [1.807, 2.05) is 4.90 Å². The third-order valence-corrected chi connectivity index (χ3v) is 3.98. The largest absolute Gasteiger partial charge is 0.342 e. The molecule has 3 nitrogen and oxygen atoms in total. The second kappa shape index (κ2) is 4.52. The number of rotatable bonds is 1. The van der Waals surface area contributed by atoms with Crippen LogP contribution in [0.25, 0.3) is 0 Å². The highest BCUT2D eigenvalue weighted by Crippen LogP contribution is 2.27. The maximum absolute atomic E-state index is 12.2. The standard InChI is InChI=1S/C12H22N2O/c1-9-5-7-14(8-6-9)12(15)10-3-2-4-11(10)13/h9-11H,2-8,13H2,1H3. The van der Waals surface area contributed by atoms with E-state index in [0.29, 0.717) is 5.91 Å². The van der Waals surface area contributed by atoms with Crippen molar-refractivity contribution in [3.8, 4) is 0 Å². The lowest BCUT2D eigenvalue weighted by Gasteiger charge is -2.33. The molecule has 0 radical (unpaired) electrons. The molecule has 1 amide bonds. The van der Waals surface area contributed by atoms with E-state index in [2.05, 4.69) is 6.92 Å². The summed E-state index contributed by atoms with van der Waals surface area (Å²) in [5.41, 5.74) is 5.97. The second-order valence-corrected chi connectivity index (χ2v) is 5.21. The number of carbonyl (C=O) groups excluding carboxylic acids is 1. The molecule has 2 aliphatic rings. The zero-order valence-electron chi connectivity index (χ0n) is 9.61. The summed E-state index contributed by atoms with van der Waals surface area (Å²) < 4.78 is 0. The van der Waals surface area contributed by atoms with Crippen LogP contribution in [0, 0.1) is 11.8 Å². The average Bonchev–Trinajstić information content (AvgIpc) is 2.65. The number of carbonyl (C=O) groups is 1. The average molecular weight is 210 g/mol. The van der Waals surface area contributed by atoms with E-state index < -0.39 is 0 Å². The monoisotopic (exact) mass is 210 g/mol. The third kappa shape index (κ3) is 2.33. The smallest absolute Gasteiger partial charge is 0.227 e. The number of nitrogens with zero attached hydrogens (tertiary/aromatic N) is 1. The number of hydrogen-bond donors (Lipinski definition) is 1. The normalized spacial score (nSPS) is 33.3. The molecule has 2 N–H and O–H groups in total. The van der Waals surface area contributed by atoms with Crippen LogP contribution in [-0.4, -0.2) is 29.9 Å². The third-order valence-electron chi connectivity index (χ3n) is 3.98. The highest BCUT2D eigenvalue weighted by Gasteiger charge is 2.34. The van der Waals surface area contributed by atoms with Crippen LogP contribution in [0.5, 0.6) is 0 Å². The first-order chi connectivity index (χ1) is 7.18. The summed E-state index contributed by atoms with van der Waals surface area (Å²) in [5.74, 6) is 1.23.